The van der Waals surface area contributed by atoms with Crippen LogP contribution < -0.4 is 0 Å². The predicted molar refractivity (Wildman–Crippen MR) is 72.9 cm³/mol. The molecule has 2 rings (SSSR count). The summed E-state index contributed by atoms with van der Waals surface area (Å²) in [6, 6.07) is 2.55. The molecule has 1 unspecified atom stereocenters. The summed E-state index contributed by atoms with van der Waals surface area (Å²) in [5.41, 5.74) is -1.40. The van der Waals surface area contributed by atoms with Crippen molar-refractivity contribution in [2.24, 2.45) is 16.7 Å². The summed E-state index contributed by atoms with van der Waals surface area (Å²) in [5.74, 6) is 0.710. The molecule has 0 bridgehead atoms. The van der Waals surface area contributed by atoms with Crippen molar-refractivity contribution in [2.45, 2.75) is 77.7 Å². The summed E-state index contributed by atoms with van der Waals surface area (Å²) in [6.07, 6.45) is 8.05. The van der Waals surface area contributed by atoms with Crippen LogP contribution in [-0.2, 0) is 0 Å². The van der Waals surface area contributed by atoms with Crippen molar-refractivity contribution >= 4 is 0 Å². The standard InChI is InChI=1S/C16H27NO/c1-13-6-10-15(12-17,11-7-13)16(18)9-5-4-8-14(16,2)3/h13,18H,4-11H2,1-3H3. The molecule has 2 nitrogen and oxygen atoms in total. The van der Waals surface area contributed by atoms with E-state index in [1.165, 1.54) is 6.42 Å². The Kier molecular flexibility index (Phi) is 3.49. The van der Waals surface area contributed by atoms with Gasteiger partial charge in [0.05, 0.1) is 17.1 Å². The Bertz CT molecular complexity index is 347. The van der Waals surface area contributed by atoms with Gasteiger partial charge in [-0.05, 0) is 49.9 Å². The Balaban J connectivity index is 2.34. The van der Waals surface area contributed by atoms with Gasteiger partial charge in [0.2, 0.25) is 0 Å². The number of hydrogen-bond donors (Lipinski definition) is 1. The van der Waals surface area contributed by atoms with Crippen LogP contribution in [0.5, 0.6) is 0 Å². The molecule has 18 heavy (non-hydrogen) atoms. The predicted octanol–water partition coefficient (Wildman–Crippen LogP) is 4.04. The van der Waals surface area contributed by atoms with Gasteiger partial charge in [-0.25, -0.2) is 0 Å². The topological polar surface area (TPSA) is 44.0 Å². The third kappa shape index (κ3) is 1.88. The summed E-state index contributed by atoms with van der Waals surface area (Å²) >= 11 is 0. The summed E-state index contributed by atoms with van der Waals surface area (Å²) in [5, 5.41) is 21.1. The molecular formula is C16H27NO. The van der Waals surface area contributed by atoms with Crippen LogP contribution in [0.3, 0.4) is 0 Å². The quantitative estimate of drug-likeness (QED) is 0.762. The molecule has 2 aliphatic carbocycles. The molecule has 0 aliphatic heterocycles. The second-order valence-corrected chi connectivity index (χ2v) is 7.33. The highest BCUT2D eigenvalue weighted by atomic mass is 16.3. The molecule has 0 radical (unpaired) electrons. The third-order valence-electron chi connectivity index (χ3n) is 5.84. The van der Waals surface area contributed by atoms with Gasteiger partial charge in [-0.15, -0.1) is 0 Å². The second-order valence-electron chi connectivity index (χ2n) is 7.33. The third-order valence-corrected chi connectivity index (χ3v) is 5.84. The molecular weight excluding hydrogens is 222 g/mol. The minimum absolute atomic E-state index is 0.123. The maximum Gasteiger partial charge on any atom is 0.0883 e. The van der Waals surface area contributed by atoms with E-state index in [9.17, 15) is 10.4 Å². The van der Waals surface area contributed by atoms with Gasteiger partial charge in [0.25, 0.3) is 0 Å². The van der Waals surface area contributed by atoms with Crippen molar-refractivity contribution in [1.82, 2.24) is 0 Å². The zero-order chi connectivity index (χ0) is 13.4. The first-order chi connectivity index (χ1) is 8.37. The van der Waals surface area contributed by atoms with Crippen LogP contribution in [0.15, 0.2) is 0 Å². The highest BCUT2D eigenvalue weighted by Crippen LogP contribution is 2.58. The van der Waals surface area contributed by atoms with Crippen LogP contribution in [0.2, 0.25) is 0 Å². The molecule has 0 aromatic rings. The molecule has 0 amide bonds. The minimum Gasteiger partial charge on any atom is -0.388 e. The molecule has 0 aromatic heterocycles. The smallest absolute Gasteiger partial charge is 0.0883 e. The normalized spacial score (nSPS) is 44.3. The van der Waals surface area contributed by atoms with Gasteiger partial charge < -0.3 is 5.11 Å². The lowest BCUT2D eigenvalue weighted by Gasteiger charge is -2.56. The zero-order valence-electron chi connectivity index (χ0n) is 12.1. The fraction of sp³-hybridized carbons (Fsp3) is 0.938. The molecule has 0 heterocycles. The summed E-state index contributed by atoms with van der Waals surface area (Å²) in [6.45, 7) is 6.57. The van der Waals surface area contributed by atoms with Crippen LogP contribution in [0.1, 0.15) is 72.1 Å². The maximum atomic E-state index is 11.3. The highest BCUT2D eigenvalue weighted by molar-refractivity contribution is 5.18. The van der Waals surface area contributed by atoms with Gasteiger partial charge in [0.1, 0.15) is 0 Å². The monoisotopic (exact) mass is 249 g/mol. The lowest BCUT2D eigenvalue weighted by atomic mass is 9.50. The van der Waals surface area contributed by atoms with Gasteiger partial charge in [-0.1, -0.05) is 33.6 Å². The number of nitriles is 1. The molecule has 1 atom stereocenters. The summed E-state index contributed by atoms with van der Waals surface area (Å²) < 4.78 is 0. The van der Waals surface area contributed by atoms with E-state index in [1.54, 1.807) is 0 Å². The van der Waals surface area contributed by atoms with Crippen LogP contribution >= 0.6 is 0 Å². The average molecular weight is 249 g/mol. The van der Waals surface area contributed by atoms with Gasteiger partial charge in [-0.3, -0.25) is 0 Å². The first-order valence-corrected chi connectivity index (χ1v) is 7.51. The number of rotatable bonds is 1. The Morgan fingerprint density at radius 3 is 2.11 bits per heavy atom. The molecule has 2 saturated carbocycles. The van der Waals surface area contributed by atoms with Gasteiger partial charge in [0, 0.05) is 0 Å². The number of hydrogen-bond acceptors (Lipinski definition) is 2. The van der Waals surface area contributed by atoms with Crippen molar-refractivity contribution in [1.29, 1.82) is 5.26 Å². The Hall–Kier alpha value is -0.550. The van der Waals surface area contributed by atoms with E-state index < -0.39 is 11.0 Å². The first-order valence-electron chi connectivity index (χ1n) is 7.51. The van der Waals surface area contributed by atoms with Crippen molar-refractivity contribution in [3.63, 3.8) is 0 Å². The van der Waals surface area contributed by atoms with Crippen molar-refractivity contribution < 1.29 is 5.11 Å². The first kappa shape index (κ1) is 13.9. The second kappa shape index (κ2) is 4.53. The van der Waals surface area contributed by atoms with Crippen LogP contribution in [0.4, 0.5) is 0 Å². The molecule has 2 heteroatoms. The van der Waals surface area contributed by atoms with Gasteiger partial charge in [-0.2, -0.15) is 5.26 Å². The highest BCUT2D eigenvalue weighted by Gasteiger charge is 2.59. The SMILES string of the molecule is CC1CCC(C#N)(C2(O)CCCCC2(C)C)CC1. The lowest BCUT2D eigenvalue weighted by Crippen LogP contribution is -2.59. The minimum atomic E-state index is -0.785. The van der Waals surface area contributed by atoms with E-state index in [0.717, 1.165) is 44.9 Å². The Labute approximate surface area is 111 Å². The lowest BCUT2D eigenvalue weighted by molar-refractivity contribution is -0.176. The molecule has 1 N–H and O–H groups in total. The van der Waals surface area contributed by atoms with E-state index in [0.29, 0.717) is 5.92 Å². The van der Waals surface area contributed by atoms with E-state index in [1.807, 2.05) is 0 Å². The van der Waals surface area contributed by atoms with Crippen molar-refractivity contribution in [3.05, 3.63) is 0 Å². The summed E-state index contributed by atoms with van der Waals surface area (Å²) in [7, 11) is 0. The largest absolute Gasteiger partial charge is 0.388 e. The van der Waals surface area contributed by atoms with Crippen LogP contribution in [-0.4, -0.2) is 10.7 Å². The van der Waals surface area contributed by atoms with Crippen LogP contribution in [0.25, 0.3) is 0 Å². The average Bonchev–Trinajstić information content (AvgIpc) is 2.34. The van der Waals surface area contributed by atoms with E-state index in [-0.39, 0.29) is 5.41 Å². The fourth-order valence-corrected chi connectivity index (χ4v) is 4.25. The van der Waals surface area contributed by atoms with E-state index in [4.69, 9.17) is 0 Å². The maximum absolute atomic E-state index is 11.3. The fourth-order valence-electron chi connectivity index (χ4n) is 4.25. The van der Waals surface area contributed by atoms with E-state index >= 15 is 0 Å². The molecule has 0 spiro atoms. The summed E-state index contributed by atoms with van der Waals surface area (Å²) in [4.78, 5) is 0. The van der Waals surface area contributed by atoms with Gasteiger partial charge in [0.15, 0.2) is 0 Å². The molecule has 102 valence electrons. The Morgan fingerprint density at radius 2 is 1.61 bits per heavy atom. The number of aliphatic hydroxyl groups is 1. The van der Waals surface area contributed by atoms with Crippen molar-refractivity contribution in [3.8, 4) is 6.07 Å². The van der Waals surface area contributed by atoms with Crippen LogP contribution in [0, 0.1) is 28.1 Å². The van der Waals surface area contributed by atoms with E-state index in [2.05, 4.69) is 26.8 Å². The van der Waals surface area contributed by atoms with Crippen molar-refractivity contribution in [2.75, 3.05) is 0 Å². The Morgan fingerprint density at radius 1 is 1.06 bits per heavy atom. The molecule has 2 fully saturated rings. The molecule has 0 aromatic carbocycles. The molecule has 2 aliphatic rings. The zero-order valence-corrected chi connectivity index (χ0v) is 12.1. The molecule has 0 saturated heterocycles. The number of nitrogens with zero attached hydrogens (tertiary/aromatic N) is 1. The van der Waals surface area contributed by atoms with Gasteiger partial charge >= 0.3 is 0 Å².